The fraction of sp³-hybridized carbons (Fsp3) is 0.176. The zero-order chi connectivity index (χ0) is 16.9. The Bertz CT molecular complexity index is 864. The van der Waals surface area contributed by atoms with Crippen molar-refractivity contribution in [1.29, 1.82) is 0 Å². The summed E-state index contributed by atoms with van der Waals surface area (Å²) in [6, 6.07) is 10.2. The smallest absolute Gasteiger partial charge is 0.311 e. The topological polar surface area (TPSA) is 64.2 Å². The fourth-order valence-corrected chi connectivity index (χ4v) is 2.61. The second-order valence-electron chi connectivity index (χ2n) is 5.08. The Kier molecular flexibility index (Phi) is 5.23. The number of benzene rings is 2. The SMILES string of the molecule is O=C(CCCOc1ccc(Cl)cc1Cl)Oc1ccc2nc[nH]c2c1. The van der Waals surface area contributed by atoms with Gasteiger partial charge in [-0.2, -0.15) is 0 Å². The van der Waals surface area contributed by atoms with Gasteiger partial charge in [0.15, 0.2) is 0 Å². The minimum absolute atomic E-state index is 0.242. The van der Waals surface area contributed by atoms with E-state index in [0.717, 1.165) is 11.0 Å². The van der Waals surface area contributed by atoms with Crippen LogP contribution in [0.5, 0.6) is 11.5 Å². The highest BCUT2D eigenvalue weighted by Gasteiger charge is 2.07. The first-order chi connectivity index (χ1) is 11.6. The van der Waals surface area contributed by atoms with E-state index in [4.69, 9.17) is 32.7 Å². The van der Waals surface area contributed by atoms with Crippen LogP contribution in [-0.4, -0.2) is 22.5 Å². The number of halogens is 2. The summed E-state index contributed by atoms with van der Waals surface area (Å²) in [6.45, 7) is 0.357. The van der Waals surface area contributed by atoms with Gasteiger partial charge >= 0.3 is 5.97 Å². The van der Waals surface area contributed by atoms with E-state index in [1.807, 2.05) is 0 Å². The van der Waals surface area contributed by atoms with Crippen LogP contribution in [0.15, 0.2) is 42.7 Å². The second kappa shape index (κ2) is 7.55. The minimum atomic E-state index is -0.320. The van der Waals surface area contributed by atoms with E-state index in [1.165, 1.54) is 0 Å². The first-order valence-corrected chi connectivity index (χ1v) is 8.09. The maximum Gasteiger partial charge on any atom is 0.311 e. The Morgan fingerprint density at radius 3 is 2.88 bits per heavy atom. The number of fused-ring (bicyclic) bond motifs is 1. The Morgan fingerprint density at radius 1 is 1.17 bits per heavy atom. The normalized spacial score (nSPS) is 10.8. The summed E-state index contributed by atoms with van der Waals surface area (Å²) in [4.78, 5) is 18.9. The van der Waals surface area contributed by atoms with Gasteiger partial charge in [-0.1, -0.05) is 23.2 Å². The molecule has 0 saturated carbocycles. The van der Waals surface area contributed by atoms with E-state index < -0.39 is 0 Å². The number of ether oxygens (including phenoxy) is 2. The van der Waals surface area contributed by atoms with E-state index in [0.29, 0.717) is 34.6 Å². The zero-order valence-electron chi connectivity index (χ0n) is 12.6. The van der Waals surface area contributed by atoms with Crippen molar-refractivity contribution in [2.45, 2.75) is 12.8 Å². The molecular formula is C17H14Cl2N2O3. The number of esters is 1. The molecule has 0 aliphatic rings. The van der Waals surface area contributed by atoms with Gasteiger partial charge in [0.1, 0.15) is 11.5 Å². The monoisotopic (exact) mass is 364 g/mol. The fourth-order valence-electron chi connectivity index (χ4n) is 2.15. The van der Waals surface area contributed by atoms with Crippen molar-refractivity contribution in [3.63, 3.8) is 0 Å². The average molecular weight is 365 g/mol. The molecule has 1 aromatic heterocycles. The number of rotatable bonds is 6. The maximum absolute atomic E-state index is 11.9. The van der Waals surface area contributed by atoms with Gasteiger partial charge in [-0.15, -0.1) is 0 Å². The first-order valence-electron chi connectivity index (χ1n) is 7.33. The number of nitrogens with one attached hydrogen (secondary N) is 1. The van der Waals surface area contributed by atoms with Gasteiger partial charge in [0.25, 0.3) is 0 Å². The molecule has 0 atom stereocenters. The van der Waals surface area contributed by atoms with E-state index >= 15 is 0 Å². The van der Waals surface area contributed by atoms with E-state index in [9.17, 15) is 4.79 Å². The molecule has 3 rings (SSSR count). The molecule has 0 radical (unpaired) electrons. The highest BCUT2D eigenvalue weighted by Crippen LogP contribution is 2.27. The second-order valence-corrected chi connectivity index (χ2v) is 5.93. The molecule has 1 heterocycles. The number of H-pyrrole nitrogens is 1. The van der Waals surface area contributed by atoms with Gasteiger partial charge in [0, 0.05) is 17.5 Å². The van der Waals surface area contributed by atoms with E-state index in [2.05, 4.69) is 9.97 Å². The molecule has 0 unspecified atom stereocenters. The third kappa shape index (κ3) is 4.19. The number of hydrogen-bond acceptors (Lipinski definition) is 4. The molecule has 2 aromatic carbocycles. The van der Waals surface area contributed by atoms with Gasteiger partial charge in [-0.05, 0) is 36.8 Å². The Labute approximate surface area is 148 Å². The summed E-state index contributed by atoms with van der Waals surface area (Å²) < 4.78 is 10.8. The third-order valence-corrected chi connectivity index (χ3v) is 3.83. The average Bonchev–Trinajstić information content (AvgIpc) is 3.01. The molecule has 0 spiro atoms. The standard InChI is InChI=1S/C17H14Cl2N2O3/c18-11-3-6-16(13(19)8-11)23-7-1-2-17(22)24-12-4-5-14-15(9-12)21-10-20-14/h3-6,8-10H,1-2,7H2,(H,20,21). The first kappa shape index (κ1) is 16.6. The minimum Gasteiger partial charge on any atom is -0.492 e. The van der Waals surface area contributed by atoms with E-state index in [1.54, 1.807) is 42.7 Å². The van der Waals surface area contributed by atoms with Crippen LogP contribution in [0.1, 0.15) is 12.8 Å². The molecule has 0 aliphatic heterocycles. The third-order valence-electron chi connectivity index (χ3n) is 3.30. The van der Waals surface area contributed by atoms with Crippen LogP contribution >= 0.6 is 23.2 Å². The molecule has 3 aromatic rings. The quantitative estimate of drug-likeness (QED) is 0.393. The number of aromatic nitrogens is 2. The van der Waals surface area contributed by atoms with Gasteiger partial charge < -0.3 is 14.5 Å². The molecule has 0 amide bonds. The van der Waals surface area contributed by atoms with Crippen LogP contribution in [0.3, 0.4) is 0 Å². The molecule has 0 fully saturated rings. The van der Waals surface area contributed by atoms with Crippen molar-refractivity contribution >= 4 is 40.2 Å². The number of carbonyl (C=O) groups excluding carboxylic acids is 1. The molecule has 0 aliphatic carbocycles. The highest BCUT2D eigenvalue weighted by atomic mass is 35.5. The van der Waals surface area contributed by atoms with Gasteiger partial charge in [-0.3, -0.25) is 4.79 Å². The number of carbonyl (C=O) groups is 1. The van der Waals surface area contributed by atoms with Crippen molar-refractivity contribution in [3.05, 3.63) is 52.8 Å². The predicted octanol–water partition coefficient (Wildman–Crippen LogP) is 4.63. The van der Waals surface area contributed by atoms with Crippen LogP contribution < -0.4 is 9.47 Å². The molecule has 0 bridgehead atoms. The maximum atomic E-state index is 11.9. The molecule has 5 nitrogen and oxygen atoms in total. The summed E-state index contributed by atoms with van der Waals surface area (Å²) >= 11 is 11.8. The summed E-state index contributed by atoms with van der Waals surface area (Å²) in [7, 11) is 0. The largest absolute Gasteiger partial charge is 0.492 e. The summed E-state index contributed by atoms with van der Waals surface area (Å²) in [5.41, 5.74) is 1.64. The number of aromatic amines is 1. The lowest BCUT2D eigenvalue weighted by Gasteiger charge is -2.08. The van der Waals surface area contributed by atoms with Crippen LogP contribution in [0.25, 0.3) is 11.0 Å². The molecule has 124 valence electrons. The van der Waals surface area contributed by atoms with Crippen molar-refractivity contribution in [3.8, 4) is 11.5 Å². The predicted molar refractivity (Wildman–Crippen MR) is 92.9 cm³/mol. The van der Waals surface area contributed by atoms with Crippen molar-refractivity contribution in [1.82, 2.24) is 9.97 Å². The highest BCUT2D eigenvalue weighted by molar-refractivity contribution is 6.35. The number of imidazole rings is 1. The molecule has 7 heteroatoms. The van der Waals surface area contributed by atoms with Crippen LogP contribution in [0.4, 0.5) is 0 Å². The van der Waals surface area contributed by atoms with Crippen LogP contribution in [0, 0.1) is 0 Å². The van der Waals surface area contributed by atoms with Gasteiger partial charge in [-0.25, -0.2) is 4.98 Å². The Hall–Kier alpha value is -2.24. The lowest BCUT2D eigenvalue weighted by Crippen LogP contribution is -2.10. The van der Waals surface area contributed by atoms with Crippen LogP contribution in [-0.2, 0) is 4.79 Å². The summed E-state index contributed by atoms with van der Waals surface area (Å²) in [5, 5.41) is 0.989. The van der Waals surface area contributed by atoms with Crippen molar-refractivity contribution < 1.29 is 14.3 Å². The van der Waals surface area contributed by atoms with Crippen molar-refractivity contribution in [2.75, 3.05) is 6.61 Å². The van der Waals surface area contributed by atoms with Gasteiger partial charge in [0.2, 0.25) is 0 Å². The lowest BCUT2D eigenvalue weighted by atomic mass is 10.3. The van der Waals surface area contributed by atoms with Crippen molar-refractivity contribution in [2.24, 2.45) is 0 Å². The molecule has 0 saturated heterocycles. The molecule has 1 N–H and O–H groups in total. The van der Waals surface area contributed by atoms with Crippen LogP contribution in [0.2, 0.25) is 10.0 Å². The zero-order valence-corrected chi connectivity index (χ0v) is 14.1. The Morgan fingerprint density at radius 2 is 2.04 bits per heavy atom. The Balaban J connectivity index is 1.45. The van der Waals surface area contributed by atoms with Gasteiger partial charge in [0.05, 0.1) is 29.0 Å². The number of hydrogen-bond donors (Lipinski definition) is 1. The number of nitrogens with zero attached hydrogens (tertiary/aromatic N) is 1. The summed E-state index contributed by atoms with van der Waals surface area (Å²) in [5.74, 6) is 0.706. The molecule has 24 heavy (non-hydrogen) atoms. The molecular weight excluding hydrogens is 351 g/mol. The lowest BCUT2D eigenvalue weighted by molar-refractivity contribution is -0.134. The van der Waals surface area contributed by atoms with E-state index in [-0.39, 0.29) is 12.4 Å². The summed E-state index contributed by atoms with van der Waals surface area (Å²) in [6.07, 6.45) is 2.35.